The maximum atomic E-state index is 13.0. The van der Waals surface area contributed by atoms with Gasteiger partial charge < -0.3 is 10.2 Å². The molecular weight excluding hydrogens is 386 g/mol. The minimum absolute atomic E-state index is 0.0459. The molecule has 0 aromatic heterocycles. The summed E-state index contributed by atoms with van der Waals surface area (Å²) in [6.07, 6.45) is 2.49. The van der Waals surface area contributed by atoms with Crippen molar-refractivity contribution in [2.75, 3.05) is 23.9 Å². The van der Waals surface area contributed by atoms with Gasteiger partial charge >= 0.3 is 0 Å². The van der Waals surface area contributed by atoms with Crippen molar-refractivity contribution < 1.29 is 18.0 Å². The Morgan fingerprint density at radius 3 is 2.63 bits per heavy atom. The number of likely N-dealkylation sites (tertiary alicyclic amines) is 1. The van der Waals surface area contributed by atoms with Crippen LogP contribution in [-0.4, -0.2) is 55.4 Å². The maximum Gasteiger partial charge on any atom is 0.286 e. The summed E-state index contributed by atoms with van der Waals surface area (Å²) in [5.74, 6) is -1.01. The fraction of sp³-hybridized carbons (Fsp3) is 0.500. The van der Waals surface area contributed by atoms with Crippen LogP contribution in [0.1, 0.15) is 20.3 Å². The summed E-state index contributed by atoms with van der Waals surface area (Å²) in [5.41, 5.74) is 0.339. The third-order valence-electron chi connectivity index (χ3n) is 4.60. The van der Waals surface area contributed by atoms with Gasteiger partial charge in [0.2, 0.25) is 5.91 Å². The van der Waals surface area contributed by atoms with E-state index >= 15 is 0 Å². The van der Waals surface area contributed by atoms with Crippen LogP contribution in [0.15, 0.2) is 33.6 Å². The van der Waals surface area contributed by atoms with Gasteiger partial charge in [-0.2, -0.15) is 20.2 Å². The highest BCUT2D eigenvalue weighted by Gasteiger charge is 2.50. The van der Waals surface area contributed by atoms with E-state index in [0.717, 1.165) is 5.75 Å². The third-order valence-corrected chi connectivity index (χ3v) is 6.59. The zero-order valence-electron chi connectivity index (χ0n) is 15.5. The van der Waals surface area contributed by atoms with E-state index in [0.29, 0.717) is 18.7 Å². The lowest BCUT2D eigenvalue weighted by Gasteiger charge is -2.25. The van der Waals surface area contributed by atoms with Crippen molar-refractivity contribution >= 4 is 45.0 Å². The first-order chi connectivity index (χ1) is 12.8. The number of Topliss-reactive ketones (excluding diaryl/α,β-unsaturated/α-hetero) is 1. The molecule has 0 saturated carbocycles. The topological polar surface area (TPSA) is 95.9 Å². The molecule has 7 nitrogen and oxygen atoms in total. The predicted molar refractivity (Wildman–Crippen MR) is 107 cm³/mol. The highest BCUT2D eigenvalue weighted by Crippen LogP contribution is 2.32. The Bertz CT molecular complexity index is 896. The first kappa shape index (κ1) is 19.9. The van der Waals surface area contributed by atoms with Gasteiger partial charge in [0.05, 0.1) is 11.7 Å². The Labute approximate surface area is 163 Å². The van der Waals surface area contributed by atoms with E-state index in [1.54, 1.807) is 34.9 Å². The summed E-state index contributed by atoms with van der Waals surface area (Å²) in [6.45, 7) is 4.42. The van der Waals surface area contributed by atoms with Crippen LogP contribution >= 0.6 is 11.8 Å². The van der Waals surface area contributed by atoms with Gasteiger partial charge in [-0.25, -0.2) is 0 Å². The minimum Gasteiger partial charge on any atom is -0.341 e. The van der Waals surface area contributed by atoms with Gasteiger partial charge in [0.25, 0.3) is 10.0 Å². The highest BCUT2D eigenvalue weighted by molar-refractivity contribution is 7.98. The van der Waals surface area contributed by atoms with E-state index in [1.165, 1.54) is 6.07 Å². The van der Waals surface area contributed by atoms with Crippen LogP contribution in [0.25, 0.3) is 0 Å². The molecule has 9 heteroatoms. The van der Waals surface area contributed by atoms with Crippen molar-refractivity contribution in [2.24, 2.45) is 16.2 Å². The number of thioether (sulfide) groups is 1. The molecular formula is C18H23N3O4S2. The number of carbonyl (C=O) groups is 2. The van der Waals surface area contributed by atoms with Crippen molar-refractivity contribution in [3.63, 3.8) is 0 Å². The molecule has 1 aromatic rings. The number of amidine groups is 1. The summed E-state index contributed by atoms with van der Waals surface area (Å²) >= 11 is 1.61. The second-order valence-corrected chi connectivity index (χ2v) is 9.65. The molecule has 1 fully saturated rings. The predicted octanol–water partition coefficient (Wildman–Crippen LogP) is 2.00. The van der Waals surface area contributed by atoms with E-state index in [9.17, 15) is 18.0 Å². The zero-order valence-corrected chi connectivity index (χ0v) is 17.1. The van der Waals surface area contributed by atoms with E-state index in [2.05, 4.69) is 9.71 Å². The number of hydrogen-bond acceptors (Lipinski definition) is 6. The fourth-order valence-electron chi connectivity index (χ4n) is 3.44. The molecule has 1 N–H and O–H groups in total. The first-order valence-corrected chi connectivity index (χ1v) is 11.6. The molecule has 146 valence electrons. The van der Waals surface area contributed by atoms with E-state index in [4.69, 9.17) is 0 Å². The zero-order chi connectivity index (χ0) is 19.8. The second kappa shape index (κ2) is 7.63. The molecule has 1 aromatic carbocycles. The summed E-state index contributed by atoms with van der Waals surface area (Å²) in [7, 11) is -3.95. The van der Waals surface area contributed by atoms with Crippen LogP contribution in [-0.2, 0) is 19.6 Å². The maximum absolute atomic E-state index is 13.0. The van der Waals surface area contributed by atoms with Gasteiger partial charge in [-0.05, 0) is 36.5 Å². The monoisotopic (exact) mass is 409 g/mol. The largest absolute Gasteiger partial charge is 0.341 e. The second-order valence-electron chi connectivity index (χ2n) is 7.09. The number of para-hydroxylation sites is 1. The molecule has 0 radical (unpaired) electrons. The van der Waals surface area contributed by atoms with Gasteiger partial charge in [0.15, 0.2) is 11.7 Å². The molecule has 2 aliphatic heterocycles. The van der Waals surface area contributed by atoms with Gasteiger partial charge in [0, 0.05) is 6.54 Å². The van der Waals surface area contributed by atoms with Gasteiger partial charge in [-0.3, -0.25) is 9.59 Å². The lowest BCUT2D eigenvalue weighted by Crippen LogP contribution is -2.39. The molecule has 1 saturated heterocycles. The number of carbonyl (C=O) groups excluding carboxylic acids is 2. The van der Waals surface area contributed by atoms with Crippen LogP contribution in [0.4, 0.5) is 5.69 Å². The van der Waals surface area contributed by atoms with Crippen LogP contribution in [0.2, 0.25) is 0 Å². The van der Waals surface area contributed by atoms with E-state index in [1.807, 2.05) is 20.1 Å². The number of hydrogen-bond donors (Lipinski definition) is 1. The summed E-state index contributed by atoms with van der Waals surface area (Å²) in [6, 6.07) is 5.80. The normalized spacial score (nSPS) is 24.0. The lowest BCUT2D eigenvalue weighted by atomic mass is 10.0. The fourth-order valence-corrected chi connectivity index (χ4v) is 5.05. The Morgan fingerprint density at radius 1 is 1.26 bits per heavy atom. The third kappa shape index (κ3) is 3.75. The highest BCUT2D eigenvalue weighted by atomic mass is 32.2. The molecule has 1 unspecified atom stereocenters. The van der Waals surface area contributed by atoms with E-state index < -0.39 is 22.0 Å². The average molecular weight is 410 g/mol. The lowest BCUT2D eigenvalue weighted by molar-refractivity contribution is -0.131. The molecule has 2 heterocycles. The van der Waals surface area contributed by atoms with Crippen molar-refractivity contribution in [3.8, 4) is 0 Å². The molecule has 2 aliphatic rings. The quantitative estimate of drug-likeness (QED) is 0.722. The average Bonchev–Trinajstić information content (AvgIpc) is 2.82. The van der Waals surface area contributed by atoms with Crippen molar-refractivity contribution in [3.05, 3.63) is 24.3 Å². The number of nitrogens with one attached hydrogen (secondary N) is 1. The Hall–Kier alpha value is -1.87. The Balaban J connectivity index is 1.98. The standard InChI is InChI=1S/C18H23N3O4S2/c1-11(2)10-21-13(8-9-26-3)16(22)15(18(21)23)17-19-12-6-4-5-7-14(12)27(24,25)20-17/h4-7,11,13,15H,8-10H2,1-3H3,(H,19,20)/t13-,15?/m0/s1. The molecule has 0 spiro atoms. The van der Waals surface area contributed by atoms with Gasteiger partial charge in [0.1, 0.15) is 10.7 Å². The van der Waals surface area contributed by atoms with Gasteiger partial charge in [-0.1, -0.05) is 26.0 Å². The molecule has 3 rings (SSSR count). The molecule has 27 heavy (non-hydrogen) atoms. The number of anilines is 1. The number of nitrogens with zero attached hydrogens (tertiary/aromatic N) is 2. The molecule has 0 bridgehead atoms. The van der Waals surface area contributed by atoms with Crippen LogP contribution in [0, 0.1) is 11.8 Å². The summed E-state index contributed by atoms with van der Waals surface area (Å²) in [4.78, 5) is 27.7. The number of sulfonamides is 1. The van der Waals surface area contributed by atoms with Crippen LogP contribution in [0.3, 0.4) is 0 Å². The number of benzene rings is 1. The number of fused-ring (bicyclic) bond motifs is 1. The van der Waals surface area contributed by atoms with Crippen LogP contribution < -0.4 is 5.32 Å². The SMILES string of the molecule is CSCC[C@H]1C(=O)C(C2=NS(=O)(=O)c3ccccc3N2)C(=O)N1CC(C)C. The number of amides is 1. The van der Waals surface area contributed by atoms with Gasteiger partial charge in [-0.15, -0.1) is 4.40 Å². The molecule has 1 amide bonds. The van der Waals surface area contributed by atoms with Crippen molar-refractivity contribution in [1.29, 1.82) is 0 Å². The minimum atomic E-state index is -3.95. The smallest absolute Gasteiger partial charge is 0.286 e. The number of rotatable bonds is 6. The Morgan fingerprint density at radius 2 is 1.96 bits per heavy atom. The molecule has 2 atom stereocenters. The van der Waals surface area contributed by atoms with Crippen LogP contribution in [0.5, 0.6) is 0 Å². The summed E-state index contributed by atoms with van der Waals surface area (Å²) < 4.78 is 28.8. The summed E-state index contributed by atoms with van der Waals surface area (Å²) in [5, 5.41) is 2.90. The first-order valence-electron chi connectivity index (χ1n) is 8.80. The van der Waals surface area contributed by atoms with E-state index in [-0.39, 0.29) is 28.3 Å². The number of ketones is 1. The molecule has 0 aliphatic carbocycles. The Kier molecular flexibility index (Phi) is 5.62. The van der Waals surface area contributed by atoms with Crippen molar-refractivity contribution in [1.82, 2.24) is 4.90 Å². The van der Waals surface area contributed by atoms with Crippen molar-refractivity contribution in [2.45, 2.75) is 31.2 Å².